The number of thioether (sulfide) groups is 2. The van der Waals surface area contributed by atoms with Crippen molar-refractivity contribution in [3.8, 4) is 6.07 Å². The second-order valence-electron chi connectivity index (χ2n) is 4.80. The Labute approximate surface area is 124 Å². The lowest BCUT2D eigenvalue weighted by atomic mass is 9.94. The maximum Gasteiger partial charge on any atom is 0.102 e. The number of anilines is 1. The van der Waals surface area contributed by atoms with E-state index in [0.717, 1.165) is 16.1 Å². The van der Waals surface area contributed by atoms with Crippen molar-refractivity contribution in [2.75, 3.05) is 17.8 Å². The van der Waals surface area contributed by atoms with E-state index in [1.807, 2.05) is 36.2 Å². The molecule has 102 valence electrons. The fourth-order valence-corrected chi connectivity index (χ4v) is 4.19. The number of rotatable bonds is 4. The molecule has 0 bridgehead atoms. The van der Waals surface area contributed by atoms with Crippen molar-refractivity contribution in [2.24, 2.45) is 0 Å². The third-order valence-corrected chi connectivity index (χ3v) is 5.65. The molecule has 4 heteroatoms. The highest BCUT2D eigenvalue weighted by atomic mass is 32.2. The van der Waals surface area contributed by atoms with Gasteiger partial charge >= 0.3 is 0 Å². The summed E-state index contributed by atoms with van der Waals surface area (Å²) in [6.45, 7) is 0. The fraction of sp³-hybridized carbons (Fsp3) is 0.533. The molecule has 1 aliphatic rings. The number of nitrogens with one attached hydrogen (secondary N) is 1. The van der Waals surface area contributed by atoms with Crippen LogP contribution in [-0.2, 0) is 0 Å². The largest absolute Gasteiger partial charge is 0.380 e. The van der Waals surface area contributed by atoms with Gasteiger partial charge in [-0.15, -0.1) is 11.8 Å². The van der Waals surface area contributed by atoms with Crippen molar-refractivity contribution >= 4 is 29.2 Å². The zero-order valence-corrected chi connectivity index (χ0v) is 13.1. The molecule has 1 aromatic rings. The maximum atomic E-state index is 9.37. The van der Waals surface area contributed by atoms with Gasteiger partial charge in [0.1, 0.15) is 6.07 Å². The minimum absolute atomic E-state index is 0.493. The molecule has 0 heterocycles. The summed E-state index contributed by atoms with van der Waals surface area (Å²) in [7, 11) is 0. The molecule has 0 radical (unpaired) electrons. The lowest BCUT2D eigenvalue weighted by Gasteiger charge is -2.32. The molecule has 1 N–H and O–H groups in total. The van der Waals surface area contributed by atoms with Gasteiger partial charge in [-0.25, -0.2) is 0 Å². The molecule has 2 unspecified atom stereocenters. The van der Waals surface area contributed by atoms with Gasteiger partial charge < -0.3 is 5.32 Å². The van der Waals surface area contributed by atoms with Crippen molar-refractivity contribution in [3.05, 3.63) is 23.8 Å². The van der Waals surface area contributed by atoms with Gasteiger partial charge in [0.05, 0.1) is 11.3 Å². The van der Waals surface area contributed by atoms with Crippen molar-refractivity contribution in [1.29, 1.82) is 5.26 Å². The fourth-order valence-electron chi connectivity index (χ4n) is 2.68. The number of hydrogen-bond acceptors (Lipinski definition) is 4. The van der Waals surface area contributed by atoms with Crippen LogP contribution in [-0.4, -0.2) is 23.8 Å². The first-order valence-electron chi connectivity index (χ1n) is 6.66. The monoisotopic (exact) mass is 292 g/mol. The van der Waals surface area contributed by atoms with Gasteiger partial charge in [-0.3, -0.25) is 0 Å². The molecule has 0 aliphatic heterocycles. The molecule has 2 nitrogen and oxygen atoms in total. The number of hydrogen-bond donors (Lipinski definition) is 1. The van der Waals surface area contributed by atoms with E-state index in [4.69, 9.17) is 0 Å². The van der Waals surface area contributed by atoms with E-state index in [-0.39, 0.29) is 0 Å². The van der Waals surface area contributed by atoms with Crippen LogP contribution in [0.4, 0.5) is 5.69 Å². The van der Waals surface area contributed by atoms with Gasteiger partial charge in [-0.1, -0.05) is 18.9 Å². The van der Waals surface area contributed by atoms with Crippen LogP contribution in [0.15, 0.2) is 23.1 Å². The van der Waals surface area contributed by atoms with E-state index < -0.39 is 0 Å². The molecule has 2 rings (SSSR count). The number of nitriles is 1. The maximum absolute atomic E-state index is 9.37. The summed E-state index contributed by atoms with van der Waals surface area (Å²) in [5.41, 5.74) is 1.79. The summed E-state index contributed by atoms with van der Waals surface area (Å²) in [6, 6.07) is 8.92. The van der Waals surface area contributed by atoms with Crippen LogP contribution in [0.5, 0.6) is 0 Å². The van der Waals surface area contributed by atoms with Crippen molar-refractivity contribution < 1.29 is 0 Å². The normalized spacial score (nSPS) is 22.8. The van der Waals surface area contributed by atoms with E-state index in [1.165, 1.54) is 25.7 Å². The van der Waals surface area contributed by atoms with E-state index in [1.54, 1.807) is 11.8 Å². The predicted octanol–water partition coefficient (Wildman–Crippen LogP) is 4.37. The predicted molar refractivity (Wildman–Crippen MR) is 86.1 cm³/mol. The SMILES string of the molecule is CSc1cccc(NC2CCCCC2SC)c1C#N. The van der Waals surface area contributed by atoms with E-state index in [2.05, 4.69) is 17.6 Å². The zero-order valence-electron chi connectivity index (χ0n) is 11.5. The average molecular weight is 292 g/mol. The second kappa shape index (κ2) is 7.12. The zero-order chi connectivity index (χ0) is 13.7. The topological polar surface area (TPSA) is 35.8 Å². The van der Waals surface area contributed by atoms with E-state index >= 15 is 0 Å². The molecule has 0 saturated heterocycles. The van der Waals surface area contributed by atoms with Crippen LogP contribution in [0.2, 0.25) is 0 Å². The summed E-state index contributed by atoms with van der Waals surface area (Å²) < 4.78 is 0. The Morgan fingerprint density at radius 3 is 2.74 bits per heavy atom. The standard InChI is InChI=1S/C15H20N2S2/c1-18-14-9-5-7-12(11(14)10-16)17-13-6-3-4-8-15(13)19-2/h5,7,9,13,15,17H,3-4,6,8H2,1-2H3. The molecule has 2 atom stereocenters. The highest BCUT2D eigenvalue weighted by Gasteiger charge is 2.25. The Bertz CT molecular complexity index is 468. The van der Waals surface area contributed by atoms with Crippen LogP contribution in [0, 0.1) is 11.3 Å². The van der Waals surface area contributed by atoms with Crippen LogP contribution in [0.3, 0.4) is 0 Å². The minimum atomic E-state index is 0.493. The number of nitrogens with zero attached hydrogens (tertiary/aromatic N) is 1. The molecule has 1 aliphatic carbocycles. The third kappa shape index (κ3) is 3.40. The molecule has 0 amide bonds. The highest BCUT2D eigenvalue weighted by Crippen LogP contribution is 2.32. The van der Waals surface area contributed by atoms with Gasteiger partial charge in [0.2, 0.25) is 0 Å². The Morgan fingerprint density at radius 1 is 1.26 bits per heavy atom. The number of benzene rings is 1. The van der Waals surface area contributed by atoms with E-state index in [0.29, 0.717) is 11.3 Å². The first kappa shape index (κ1) is 14.6. The Kier molecular flexibility index (Phi) is 5.47. The molecule has 1 saturated carbocycles. The first-order valence-corrected chi connectivity index (χ1v) is 9.18. The highest BCUT2D eigenvalue weighted by molar-refractivity contribution is 7.99. The lowest BCUT2D eigenvalue weighted by molar-refractivity contribution is 0.475. The van der Waals surface area contributed by atoms with Crippen LogP contribution < -0.4 is 5.32 Å². The Balaban J connectivity index is 2.20. The lowest BCUT2D eigenvalue weighted by Crippen LogP contribution is -2.34. The van der Waals surface area contributed by atoms with Crippen LogP contribution >= 0.6 is 23.5 Å². The van der Waals surface area contributed by atoms with Crippen LogP contribution in [0.25, 0.3) is 0 Å². The summed E-state index contributed by atoms with van der Waals surface area (Å²) in [5, 5.41) is 13.7. The van der Waals surface area contributed by atoms with Gasteiger partial charge in [-0.2, -0.15) is 17.0 Å². The molecule has 19 heavy (non-hydrogen) atoms. The van der Waals surface area contributed by atoms with Crippen LogP contribution in [0.1, 0.15) is 31.2 Å². The molecule has 1 aromatic carbocycles. The summed E-state index contributed by atoms with van der Waals surface area (Å²) >= 11 is 3.58. The molecular formula is C15H20N2S2. The van der Waals surface area contributed by atoms with Gasteiger partial charge in [0, 0.05) is 16.2 Å². The Hall–Kier alpha value is -0.790. The molecular weight excluding hydrogens is 272 g/mol. The third-order valence-electron chi connectivity index (χ3n) is 3.70. The second-order valence-corrected chi connectivity index (χ2v) is 6.73. The summed E-state index contributed by atoms with van der Waals surface area (Å²) in [4.78, 5) is 1.06. The van der Waals surface area contributed by atoms with Gasteiger partial charge in [-0.05, 0) is 37.5 Å². The summed E-state index contributed by atoms with van der Waals surface area (Å²) in [5.74, 6) is 0. The summed E-state index contributed by atoms with van der Waals surface area (Å²) in [6.07, 6.45) is 9.32. The first-order chi connectivity index (χ1) is 9.30. The van der Waals surface area contributed by atoms with Crippen molar-refractivity contribution in [1.82, 2.24) is 0 Å². The average Bonchev–Trinajstić information content (AvgIpc) is 2.47. The smallest absolute Gasteiger partial charge is 0.102 e. The molecule has 1 fully saturated rings. The van der Waals surface area contributed by atoms with Gasteiger partial charge in [0.15, 0.2) is 0 Å². The van der Waals surface area contributed by atoms with Crippen molar-refractivity contribution in [2.45, 2.75) is 41.9 Å². The van der Waals surface area contributed by atoms with Gasteiger partial charge in [0.25, 0.3) is 0 Å². The minimum Gasteiger partial charge on any atom is -0.380 e. The van der Waals surface area contributed by atoms with Crippen molar-refractivity contribution in [3.63, 3.8) is 0 Å². The van der Waals surface area contributed by atoms with E-state index in [9.17, 15) is 5.26 Å². The molecule has 0 aromatic heterocycles. The Morgan fingerprint density at radius 2 is 2.05 bits per heavy atom. The molecule has 0 spiro atoms. The quantitative estimate of drug-likeness (QED) is 0.836.